The maximum absolute atomic E-state index is 12.7. The molecule has 11 heteroatoms. The van der Waals surface area contributed by atoms with Crippen LogP contribution in [-0.2, 0) is 31.7 Å². The van der Waals surface area contributed by atoms with Gasteiger partial charge in [0.1, 0.15) is 11.6 Å². The van der Waals surface area contributed by atoms with Gasteiger partial charge < -0.3 is 14.6 Å². The minimum atomic E-state index is -3.57. The number of aromatic nitrogens is 3. The molecule has 1 N–H and O–H groups in total. The van der Waals surface area contributed by atoms with Gasteiger partial charge in [0.2, 0.25) is 5.91 Å². The first-order valence-corrected chi connectivity index (χ1v) is 12.3. The predicted molar refractivity (Wildman–Crippen MR) is 120 cm³/mol. The molecule has 0 spiro atoms. The Labute approximate surface area is 190 Å². The largest absolute Gasteiger partial charge is 0.465 e. The van der Waals surface area contributed by atoms with Crippen LogP contribution in [0.3, 0.4) is 0 Å². The molecule has 0 radical (unpaired) electrons. The van der Waals surface area contributed by atoms with Crippen molar-refractivity contribution >= 4 is 39.2 Å². The van der Waals surface area contributed by atoms with Gasteiger partial charge in [-0.1, -0.05) is 36.0 Å². The third-order valence-corrected chi connectivity index (χ3v) is 7.03. The zero-order valence-corrected chi connectivity index (χ0v) is 19.1. The molecule has 0 atom stereocenters. The number of benzene rings is 2. The van der Waals surface area contributed by atoms with Gasteiger partial charge in [-0.25, -0.2) is 13.2 Å². The fourth-order valence-corrected chi connectivity index (χ4v) is 5.01. The third kappa shape index (κ3) is 5.74. The molecule has 3 aromatic rings. The van der Waals surface area contributed by atoms with Crippen molar-refractivity contribution in [2.24, 2.45) is 0 Å². The minimum Gasteiger partial charge on any atom is -0.465 e. The van der Waals surface area contributed by atoms with E-state index in [1.807, 2.05) is 6.92 Å². The molecule has 9 nitrogen and oxygen atoms in total. The molecular weight excluding hydrogens is 452 g/mol. The first kappa shape index (κ1) is 23.5. The number of carbonyl (C=O) groups excluding carboxylic acids is 2. The predicted octanol–water partition coefficient (Wildman–Crippen LogP) is 2.79. The Hall–Kier alpha value is -3.18. The van der Waals surface area contributed by atoms with Crippen molar-refractivity contribution < 1.29 is 22.7 Å². The molecule has 0 saturated carbocycles. The summed E-state index contributed by atoms with van der Waals surface area (Å²) in [6.07, 6.45) is 0. The molecule has 1 aromatic heterocycles. The second-order valence-corrected chi connectivity index (χ2v) is 9.56. The highest BCUT2D eigenvalue weighted by atomic mass is 32.2. The monoisotopic (exact) mass is 474 g/mol. The number of thioether (sulfide) groups is 1. The smallest absolute Gasteiger partial charge is 0.337 e. The molecule has 2 aromatic carbocycles. The molecule has 3 rings (SSSR count). The Morgan fingerprint density at radius 3 is 2.53 bits per heavy atom. The summed E-state index contributed by atoms with van der Waals surface area (Å²) in [7, 11) is -2.28. The van der Waals surface area contributed by atoms with Gasteiger partial charge in [-0.2, -0.15) is 0 Å². The Morgan fingerprint density at radius 2 is 1.84 bits per heavy atom. The summed E-state index contributed by atoms with van der Waals surface area (Å²) in [5, 5.41) is 11.3. The number of amides is 1. The van der Waals surface area contributed by atoms with Crippen molar-refractivity contribution in [2.45, 2.75) is 29.3 Å². The third-order valence-electron chi connectivity index (χ3n) is 4.43. The number of hydrogen-bond acceptors (Lipinski definition) is 8. The summed E-state index contributed by atoms with van der Waals surface area (Å²) in [5.41, 5.74) is 0.790. The van der Waals surface area contributed by atoms with Crippen molar-refractivity contribution in [2.75, 3.05) is 18.2 Å². The van der Waals surface area contributed by atoms with E-state index in [2.05, 4.69) is 20.3 Å². The van der Waals surface area contributed by atoms with Crippen molar-refractivity contribution in [3.8, 4) is 0 Å². The van der Waals surface area contributed by atoms with Crippen LogP contribution in [-0.4, -0.2) is 47.9 Å². The van der Waals surface area contributed by atoms with Crippen molar-refractivity contribution in [1.29, 1.82) is 0 Å². The summed E-state index contributed by atoms with van der Waals surface area (Å²) in [6.45, 7) is 2.31. The SMILES string of the molecule is CCn1c(CS(=O)(=O)c2ccccc2)nnc1SCC(=O)Nc1cccc(C(=O)OC)c1. The number of anilines is 1. The molecule has 0 fully saturated rings. The zero-order chi connectivity index (χ0) is 23.1. The number of nitrogens with one attached hydrogen (secondary N) is 1. The molecular formula is C21H22N4O5S2. The van der Waals surface area contributed by atoms with Gasteiger partial charge in [0.25, 0.3) is 0 Å². The lowest BCUT2D eigenvalue weighted by Gasteiger charge is -2.09. The number of nitrogens with zero attached hydrogens (tertiary/aromatic N) is 3. The Morgan fingerprint density at radius 1 is 1.09 bits per heavy atom. The molecule has 32 heavy (non-hydrogen) atoms. The number of sulfone groups is 1. The maximum Gasteiger partial charge on any atom is 0.337 e. The fourth-order valence-electron chi connectivity index (χ4n) is 2.90. The lowest BCUT2D eigenvalue weighted by atomic mass is 10.2. The molecule has 1 amide bonds. The van der Waals surface area contributed by atoms with Crippen molar-refractivity contribution in [1.82, 2.24) is 14.8 Å². The number of methoxy groups -OCH3 is 1. The second kappa shape index (κ2) is 10.4. The van der Waals surface area contributed by atoms with E-state index in [4.69, 9.17) is 0 Å². The van der Waals surface area contributed by atoms with Gasteiger partial charge in [-0.3, -0.25) is 4.79 Å². The summed E-state index contributed by atoms with van der Waals surface area (Å²) in [6, 6.07) is 14.6. The lowest BCUT2D eigenvalue weighted by Crippen LogP contribution is -2.15. The van der Waals surface area contributed by atoms with Crippen LogP contribution in [0.2, 0.25) is 0 Å². The highest BCUT2D eigenvalue weighted by Crippen LogP contribution is 2.21. The van der Waals surface area contributed by atoms with Crippen LogP contribution >= 0.6 is 11.8 Å². The molecule has 0 unspecified atom stereocenters. The average Bonchev–Trinajstić information content (AvgIpc) is 3.18. The normalized spacial score (nSPS) is 11.2. The van der Waals surface area contributed by atoms with Crippen molar-refractivity contribution in [3.63, 3.8) is 0 Å². The fraction of sp³-hybridized carbons (Fsp3) is 0.238. The molecule has 0 aliphatic heterocycles. The Kier molecular flexibility index (Phi) is 7.65. The molecule has 1 heterocycles. The molecule has 0 bridgehead atoms. The van der Waals surface area contributed by atoms with E-state index in [9.17, 15) is 18.0 Å². The first-order chi connectivity index (χ1) is 15.3. The van der Waals surface area contributed by atoms with Crippen molar-refractivity contribution in [3.05, 3.63) is 66.0 Å². The van der Waals surface area contributed by atoms with E-state index in [0.29, 0.717) is 28.8 Å². The highest BCUT2D eigenvalue weighted by molar-refractivity contribution is 7.99. The van der Waals surface area contributed by atoms with E-state index < -0.39 is 15.8 Å². The molecule has 0 saturated heterocycles. The average molecular weight is 475 g/mol. The Balaban J connectivity index is 1.65. The molecule has 168 valence electrons. The van der Waals surface area contributed by atoms with E-state index in [1.54, 1.807) is 41.0 Å². The number of hydrogen-bond donors (Lipinski definition) is 1. The van der Waals surface area contributed by atoms with Crippen LogP contribution in [0, 0.1) is 0 Å². The zero-order valence-electron chi connectivity index (χ0n) is 17.5. The van der Waals surface area contributed by atoms with E-state index >= 15 is 0 Å². The van der Waals surface area contributed by atoms with Crippen LogP contribution in [0.25, 0.3) is 0 Å². The van der Waals surface area contributed by atoms with Gasteiger partial charge >= 0.3 is 5.97 Å². The highest BCUT2D eigenvalue weighted by Gasteiger charge is 2.21. The molecule has 0 aliphatic carbocycles. The van der Waals surface area contributed by atoms with Gasteiger partial charge in [-0.15, -0.1) is 10.2 Å². The standard InChI is InChI=1S/C21H22N4O5S2/c1-3-25-18(14-32(28,29)17-10-5-4-6-11-17)23-24-21(25)31-13-19(26)22-16-9-7-8-15(12-16)20(27)30-2/h4-12H,3,13-14H2,1-2H3,(H,22,26). The van der Waals surface area contributed by atoms with Gasteiger partial charge in [0, 0.05) is 12.2 Å². The number of carbonyl (C=O) groups is 2. The molecule has 0 aliphatic rings. The number of rotatable bonds is 9. The summed E-state index contributed by atoms with van der Waals surface area (Å²) in [4.78, 5) is 24.2. The van der Waals surface area contributed by atoms with Crippen LogP contribution in [0.1, 0.15) is 23.1 Å². The van der Waals surface area contributed by atoms with Crippen LogP contribution in [0.5, 0.6) is 0 Å². The van der Waals surface area contributed by atoms with Gasteiger partial charge in [0.05, 0.1) is 23.3 Å². The first-order valence-electron chi connectivity index (χ1n) is 9.65. The summed E-state index contributed by atoms with van der Waals surface area (Å²) in [5.74, 6) is -0.743. The second-order valence-electron chi connectivity index (χ2n) is 6.62. The number of esters is 1. The van der Waals surface area contributed by atoms with E-state index in [-0.39, 0.29) is 22.3 Å². The topological polar surface area (TPSA) is 120 Å². The summed E-state index contributed by atoms with van der Waals surface area (Å²) < 4.78 is 31.7. The quantitative estimate of drug-likeness (QED) is 0.371. The van der Waals surface area contributed by atoms with Crippen LogP contribution < -0.4 is 5.32 Å². The van der Waals surface area contributed by atoms with Crippen LogP contribution in [0.4, 0.5) is 5.69 Å². The minimum absolute atomic E-state index is 0.0338. The maximum atomic E-state index is 12.7. The summed E-state index contributed by atoms with van der Waals surface area (Å²) >= 11 is 1.15. The van der Waals surface area contributed by atoms with E-state index in [1.165, 1.54) is 25.3 Å². The van der Waals surface area contributed by atoms with Gasteiger partial charge in [0.15, 0.2) is 15.0 Å². The van der Waals surface area contributed by atoms with E-state index in [0.717, 1.165) is 11.8 Å². The van der Waals surface area contributed by atoms with Gasteiger partial charge in [-0.05, 0) is 37.3 Å². The van der Waals surface area contributed by atoms with Crippen LogP contribution in [0.15, 0.2) is 64.6 Å². The lowest BCUT2D eigenvalue weighted by molar-refractivity contribution is -0.113. The Bertz CT molecular complexity index is 1210. The number of ether oxygens (including phenoxy) is 1.